The number of hydrogen-bond donors (Lipinski definition) is 2. The van der Waals surface area contributed by atoms with E-state index < -0.39 is 9.84 Å². The van der Waals surface area contributed by atoms with E-state index in [0.29, 0.717) is 18.7 Å². The van der Waals surface area contributed by atoms with Crippen LogP contribution in [0.1, 0.15) is 13.3 Å². The smallest absolute Gasteiger partial charge is 0.175 e. The van der Waals surface area contributed by atoms with Gasteiger partial charge in [0.1, 0.15) is 0 Å². The van der Waals surface area contributed by atoms with Crippen LogP contribution < -0.4 is 10.6 Å². The minimum absolute atomic E-state index is 0.215. The Morgan fingerprint density at radius 1 is 1.44 bits per heavy atom. The van der Waals surface area contributed by atoms with Crippen molar-refractivity contribution in [2.75, 3.05) is 30.5 Å². The first-order chi connectivity index (χ1) is 8.21. The molecular formula is C12H20N2O3S. The average Bonchev–Trinajstić information content (AvgIpc) is 2.24. The molecule has 0 saturated carbocycles. The number of rotatable bonds is 5. The lowest BCUT2D eigenvalue weighted by molar-refractivity contribution is 0.187. The first kappa shape index (κ1) is 14.8. The summed E-state index contributed by atoms with van der Waals surface area (Å²) in [7, 11) is -1.38. The summed E-state index contributed by atoms with van der Waals surface area (Å²) < 4.78 is 22.8. The summed E-state index contributed by atoms with van der Waals surface area (Å²) in [6, 6.07) is 4.69. The van der Waals surface area contributed by atoms with E-state index in [1.165, 1.54) is 6.07 Å². The summed E-state index contributed by atoms with van der Waals surface area (Å²) in [6.45, 7) is 2.38. The topological polar surface area (TPSA) is 83.6 Å². The summed E-state index contributed by atoms with van der Waals surface area (Å²) in [4.78, 5) is 2.11. The molecule has 5 nitrogen and oxygen atoms in total. The minimum Gasteiger partial charge on any atom is -0.397 e. The molecule has 6 heteroatoms. The van der Waals surface area contributed by atoms with Crippen LogP contribution in [0.3, 0.4) is 0 Å². The van der Waals surface area contributed by atoms with E-state index in [0.717, 1.165) is 11.9 Å². The van der Waals surface area contributed by atoms with Crippen molar-refractivity contribution in [2.24, 2.45) is 0 Å². The van der Waals surface area contributed by atoms with Gasteiger partial charge in [-0.25, -0.2) is 8.42 Å². The van der Waals surface area contributed by atoms with Crippen LogP contribution in [0.15, 0.2) is 23.1 Å². The van der Waals surface area contributed by atoms with Crippen LogP contribution in [0.4, 0.5) is 11.4 Å². The van der Waals surface area contributed by atoms with Gasteiger partial charge in [0.2, 0.25) is 0 Å². The van der Waals surface area contributed by atoms with Crippen molar-refractivity contribution in [3.63, 3.8) is 0 Å². The molecule has 0 heterocycles. The molecule has 0 radical (unpaired) electrons. The highest BCUT2D eigenvalue weighted by Crippen LogP contribution is 2.25. The fourth-order valence-electron chi connectivity index (χ4n) is 1.61. The molecule has 18 heavy (non-hydrogen) atoms. The zero-order valence-electron chi connectivity index (χ0n) is 10.9. The molecule has 1 aromatic rings. The summed E-state index contributed by atoms with van der Waals surface area (Å²) in [5, 5.41) is 9.23. The molecule has 0 aliphatic rings. The van der Waals surface area contributed by atoms with Crippen molar-refractivity contribution < 1.29 is 13.5 Å². The fraction of sp³-hybridized carbons (Fsp3) is 0.500. The van der Waals surface area contributed by atoms with E-state index in [4.69, 9.17) is 5.73 Å². The SMILES string of the molecule is CC(O)CCN(C)c1ccc(S(C)(=O)=O)cc1N. The number of hydrogen-bond acceptors (Lipinski definition) is 5. The van der Waals surface area contributed by atoms with Gasteiger partial charge in [0, 0.05) is 19.8 Å². The van der Waals surface area contributed by atoms with E-state index >= 15 is 0 Å². The lowest BCUT2D eigenvalue weighted by Gasteiger charge is -2.22. The number of nitrogen functional groups attached to an aromatic ring is 1. The second-order valence-corrected chi connectivity index (χ2v) is 6.57. The average molecular weight is 272 g/mol. The Morgan fingerprint density at radius 3 is 2.50 bits per heavy atom. The van der Waals surface area contributed by atoms with Gasteiger partial charge in [-0.05, 0) is 31.5 Å². The third-order valence-electron chi connectivity index (χ3n) is 2.72. The molecule has 0 fully saturated rings. The number of aliphatic hydroxyl groups is 1. The Balaban J connectivity index is 2.92. The monoisotopic (exact) mass is 272 g/mol. The molecule has 102 valence electrons. The minimum atomic E-state index is -3.23. The van der Waals surface area contributed by atoms with Crippen LogP contribution in [0.25, 0.3) is 0 Å². The van der Waals surface area contributed by atoms with Gasteiger partial charge in [-0.2, -0.15) is 0 Å². The molecule has 3 N–H and O–H groups in total. The molecule has 0 amide bonds. The number of aliphatic hydroxyl groups excluding tert-OH is 1. The summed E-state index contributed by atoms with van der Waals surface area (Å²) in [5.74, 6) is 0. The molecule has 0 aliphatic carbocycles. The van der Waals surface area contributed by atoms with Crippen LogP contribution in [0.2, 0.25) is 0 Å². The Hall–Kier alpha value is -1.27. The third kappa shape index (κ3) is 3.89. The maximum absolute atomic E-state index is 11.4. The van der Waals surface area contributed by atoms with E-state index in [2.05, 4.69) is 0 Å². The van der Waals surface area contributed by atoms with Crippen molar-refractivity contribution in [3.05, 3.63) is 18.2 Å². The maximum Gasteiger partial charge on any atom is 0.175 e. The van der Waals surface area contributed by atoms with Gasteiger partial charge in [0.15, 0.2) is 9.84 Å². The molecule has 0 bridgehead atoms. The lowest BCUT2D eigenvalue weighted by atomic mass is 10.2. The number of sulfone groups is 1. The Bertz CT molecular complexity index is 512. The number of nitrogens with two attached hydrogens (primary N) is 1. The van der Waals surface area contributed by atoms with Crippen molar-refractivity contribution in [3.8, 4) is 0 Å². The molecule has 0 aromatic heterocycles. The molecule has 0 spiro atoms. The summed E-state index contributed by atoms with van der Waals surface area (Å²) in [5.41, 5.74) is 7.05. The zero-order valence-corrected chi connectivity index (χ0v) is 11.7. The lowest BCUT2D eigenvalue weighted by Crippen LogP contribution is -2.22. The molecular weight excluding hydrogens is 252 g/mol. The van der Waals surface area contributed by atoms with Gasteiger partial charge in [0.25, 0.3) is 0 Å². The first-order valence-corrected chi connectivity index (χ1v) is 7.59. The van der Waals surface area contributed by atoms with Crippen LogP contribution in [0.5, 0.6) is 0 Å². The fourth-order valence-corrected chi connectivity index (χ4v) is 2.27. The highest BCUT2D eigenvalue weighted by molar-refractivity contribution is 7.90. The summed E-state index contributed by atoms with van der Waals surface area (Å²) in [6.07, 6.45) is 1.41. The molecule has 1 aromatic carbocycles. The van der Waals surface area contributed by atoms with Crippen LogP contribution in [-0.4, -0.2) is 39.5 Å². The van der Waals surface area contributed by atoms with Gasteiger partial charge in [-0.1, -0.05) is 0 Å². The molecule has 1 atom stereocenters. The highest BCUT2D eigenvalue weighted by Gasteiger charge is 2.12. The van der Waals surface area contributed by atoms with Gasteiger partial charge in [0.05, 0.1) is 22.4 Å². The molecule has 0 aliphatic heterocycles. The first-order valence-electron chi connectivity index (χ1n) is 5.70. The quantitative estimate of drug-likeness (QED) is 0.777. The van der Waals surface area contributed by atoms with Crippen LogP contribution in [0, 0.1) is 0 Å². The van der Waals surface area contributed by atoms with Gasteiger partial charge in [-0.15, -0.1) is 0 Å². The number of nitrogens with zero attached hydrogens (tertiary/aromatic N) is 1. The van der Waals surface area contributed by atoms with E-state index in [1.54, 1.807) is 19.1 Å². The Morgan fingerprint density at radius 2 is 2.06 bits per heavy atom. The molecule has 1 rings (SSSR count). The third-order valence-corrected chi connectivity index (χ3v) is 3.83. The number of benzene rings is 1. The van der Waals surface area contributed by atoms with Gasteiger partial charge < -0.3 is 15.7 Å². The summed E-state index contributed by atoms with van der Waals surface area (Å²) >= 11 is 0. The Labute approximate surface area is 108 Å². The van der Waals surface area contributed by atoms with Crippen molar-refractivity contribution in [1.29, 1.82) is 0 Å². The van der Waals surface area contributed by atoms with E-state index in [9.17, 15) is 13.5 Å². The largest absolute Gasteiger partial charge is 0.397 e. The molecule has 0 saturated heterocycles. The van der Waals surface area contributed by atoms with Crippen molar-refractivity contribution in [1.82, 2.24) is 0 Å². The molecule has 1 unspecified atom stereocenters. The van der Waals surface area contributed by atoms with Crippen molar-refractivity contribution >= 4 is 21.2 Å². The zero-order chi connectivity index (χ0) is 13.9. The second kappa shape index (κ2) is 5.58. The van der Waals surface area contributed by atoms with Crippen LogP contribution >= 0.6 is 0 Å². The Kier molecular flexibility index (Phi) is 4.59. The normalized spacial score (nSPS) is 13.3. The number of anilines is 2. The van der Waals surface area contributed by atoms with E-state index in [1.807, 2.05) is 11.9 Å². The standard InChI is InChI=1S/C12H20N2O3S/c1-9(15)6-7-14(2)12-5-4-10(8-11(12)13)18(3,16)17/h4-5,8-9,15H,6-7,13H2,1-3H3. The predicted molar refractivity (Wildman–Crippen MR) is 73.5 cm³/mol. The van der Waals surface area contributed by atoms with Gasteiger partial charge in [-0.3, -0.25) is 0 Å². The van der Waals surface area contributed by atoms with E-state index in [-0.39, 0.29) is 11.0 Å². The second-order valence-electron chi connectivity index (χ2n) is 4.55. The highest BCUT2D eigenvalue weighted by atomic mass is 32.2. The van der Waals surface area contributed by atoms with Crippen LogP contribution in [-0.2, 0) is 9.84 Å². The predicted octanol–water partition coefficient (Wildman–Crippen LogP) is 0.879. The van der Waals surface area contributed by atoms with Crippen molar-refractivity contribution in [2.45, 2.75) is 24.3 Å². The maximum atomic E-state index is 11.4. The van der Waals surface area contributed by atoms with Gasteiger partial charge >= 0.3 is 0 Å².